The fourth-order valence-corrected chi connectivity index (χ4v) is 13.2. The van der Waals surface area contributed by atoms with Gasteiger partial charge in [0.15, 0.2) is 11.4 Å². The standard InChI is InChI=1S/C45H54O8/c1-41-19-15-30-23-35(41)36(47)24-34-33(41)22-29-13-7-17-44(50)18-8-14-31-32(25-46)38(53-40(31)44)39(48)43(3,49)37-16-20-45(34,42(29,37)2)52-21-9-12-28(26-51-30)27-10-5-4-6-11-27/h4-6,8,10-11,18,24,28-33,35,37-40,46,48-50H,13-16,19-23,25-26H2,1-3H3. The van der Waals surface area contributed by atoms with Crippen LogP contribution in [0.25, 0.3) is 0 Å². The summed E-state index contributed by atoms with van der Waals surface area (Å²) in [6.45, 7) is 6.51. The molecule has 8 bridgehead atoms. The van der Waals surface area contributed by atoms with E-state index in [0.717, 1.165) is 30.4 Å². The van der Waals surface area contributed by atoms with Gasteiger partial charge >= 0.3 is 0 Å². The number of aliphatic hydroxyl groups excluding tert-OH is 2. The van der Waals surface area contributed by atoms with Crippen molar-refractivity contribution in [2.24, 2.45) is 46.3 Å². The largest absolute Gasteiger partial charge is 0.396 e. The van der Waals surface area contributed by atoms with Gasteiger partial charge in [-0.1, -0.05) is 73.9 Å². The minimum absolute atomic E-state index is 0.0323. The van der Waals surface area contributed by atoms with Gasteiger partial charge in [-0.25, -0.2) is 0 Å². The summed E-state index contributed by atoms with van der Waals surface area (Å²) in [5, 5.41) is 47.9. The molecular formula is C45H54O8. The molecule has 4 N–H and O–H groups in total. The molecule has 10 aliphatic rings. The monoisotopic (exact) mass is 722 g/mol. The summed E-state index contributed by atoms with van der Waals surface area (Å²) in [7, 11) is 0. The Labute approximate surface area is 313 Å². The van der Waals surface area contributed by atoms with E-state index in [4.69, 9.17) is 14.2 Å². The predicted molar refractivity (Wildman–Crippen MR) is 197 cm³/mol. The summed E-state index contributed by atoms with van der Waals surface area (Å²) < 4.78 is 20.3. The highest BCUT2D eigenvalue weighted by Crippen LogP contribution is 2.72. The SMILES string of the molecule is CC1(O)C(O)C2OC3C(CC=CC3(O)C#CCC3CC4C5=CC(=O)C6CC(CCC64C)OCC(c4ccccc4)C#CCOC54CCC1C34C)C2CO. The molecule has 1 spiro atoms. The Bertz CT molecular complexity index is 1830. The first-order valence-electron chi connectivity index (χ1n) is 20.0. The maximum atomic E-state index is 14.5. The lowest BCUT2D eigenvalue weighted by Gasteiger charge is -2.64. The number of carbonyl (C=O) groups is 1. The molecule has 1 saturated heterocycles. The van der Waals surface area contributed by atoms with E-state index in [1.54, 1.807) is 13.0 Å². The van der Waals surface area contributed by atoms with E-state index < -0.39 is 52.4 Å². The molecule has 5 heterocycles. The molecule has 11 rings (SSSR count). The van der Waals surface area contributed by atoms with Crippen LogP contribution in [0.4, 0.5) is 0 Å². The lowest BCUT2D eigenvalue weighted by Crippen LogP contribution is -2.66. The second kappa shape index (κ2) is 12.6. The molecule has 16 unspecified atom stereocenters. The molecule has 8 nitrogen and oxygen atoms in total. The Morgan fingerprint density at radius 1 is 1.00 bits per heavy atom. The lowest BCUT2D eigenvalue weighted by molar-refractivity contribution is -0.221. The fourth-order valence-electron chi connectivity index (χ4n) is 13.2. The number of rotatable bonds is 2. The molecule has 0 amide bonds. The van der Waals surface area contributed by atoms with Gasteiger partial charge in [0.1, 0.15) is 18.8 Å². The fraction of sp³-hybridized carbons (Fsp3) is 0.667. The third kappa shape index (κ3) is 5.06. The minimum atomic E-state index is -1.67. The van der Waals surface area contributed by atoms with Gasteiger partial charge in [0.25, 0.3) is 0 Å². The van der Waals surface area contributed by atoms with E-state index in [0.29, 0.717) is 38.7 Å². The van der Waals surface area contributed by atoms with Crippen molar-refractivity contribution in [1.29, 1.82) is 0 Å². The predicted octanol–water partition coefficient (Wildman–Crippen LogP) is 4.50. The second-order valence-electron chi connectivity index (χ2n) is 18.2. The highest BCUT2D eigenvalue weighted by atomic mass is 16.5. The molecule has 53 heavy (non-hydrogen) atoms. The highest BCUT2D eigenvalue weighted by Gasteiger charge is 2.73. The van der Waals surface area contributed by atoms with Crippen LogP contribution in [0.1, 0.15) is 83.6 Å². The van der Waals surface area contributed by atoms with Crippen molar-refractivity contribution in [1.82, 2.24) is 0 Å². The molecule has 1 aromatic rings. The summed E-state index contributed by atoms with van der Waals surface area (Å²) in [6, 6.07) is 10.2. The van der Waals surface area contributed by atoms with Gasteiger partial charge in [0.05, 0.1) is 35.9 Å². The molecule has 8 heteroatoms. The average Bonchev–Trinajstić information content (AvgIpc) is 3.69. The average molecular weight is 723 g/mol. The molecule has 3 saturated carbocycles. The van der Waals surface area contributed by atoms with Crippen LogP contribution >= 0.6 is 0 Å². The van der Waals surface area contributed by atoms with Crippen LogP contribution in [0.15, 0.2) is 54.1 Å². The first-order chi connectivity index (χ1) is 25.4. The van der Waals surface area contributed by atoms with Crippen LogP contribution in [-0.2, 0) is 19.0 Å². The maximum Gasteiger partial charge on any atom is 0.170 e. The molecule has 5 aliphatic carbocycles. The lowest BCUT2D eigenvalue weighted by atomic mass is 9.42. The quantitative estimate of drug-likeness (QED) is 0.260. The van der Waals surface area contributed by atoms with E-state index in [1.165, 1.54) is 0 Å². The summed E-state index contributed by atoms with van der Waals surface area (Å²) in [6.07, 6.45) is 7.70. The normalized spacial score (nSPS) is 51.0. The Kier molecular flexibility index (Phi) is 8.54. The summed E-state index contributed by atoms with van der Waals surface area (Å²) in [4.78, 5) is 14.5. The number of ketones is 1. The molecular weight excluding hydrogens is 668 g/mol. The zero-order valence-electron chi connectivity index (χ0n) is 31.2. The van der Waals surface area contributed by atoms with Crippen LogP contribution in [0, 0.1) is 70.0 Å². The number of carbonyl (C=O) groups excluding carboxylic acids is 1. The number of ether oxygens (including phenoxy) is 3. The van der Waals surface area contributed by atoms with Crippen molar-refractivity contribution < 1.29 is 39.4 Å². The Morgan fingerprint density at radius 3 is 2.60 bits per heavy atom. The third-order valence-corrected chi connectivity index (χ3v) is 16.0. The number of aliphatic hydroxyl groups is 4. The van der Waals surface area contributed by atoms with Crippen molar-refractivity contribution >= 4 is 5.78 Å². The van der Waals surface area contributed by atoms with Gasteiger partial charge in [-0.15, -0.1) is 0 Å². The van der Waals surface area contributed by atoms with Crippen molar-refractivity contribution in [2.75, 3.05) is 19.8 Å². The number of benzene rings is 1. The molecule has 0 radical (unpaired) electrons. The van der Waals surface area contributed by atoms with Gasteiger partial charge in [-0.3, -0.25) is 4.79 Å². The molecule has 0 aromatic heterocycles. The van der Waals surface area contributed by atoms with Gasteiger partial charge in [0.2, 0.25) is 0 Å². The van der Waals surface area contributed by atoms with Gasteiger partial charge < -0.3 is 34.6 Å². The van der Waals surface area contributed by atoms with Gasteiger partial charge in [-0.05, 0) is 98.3 Å². The maximum absolute atomic E-state index is 14.5. The van der Waals surface area contributed by atoms with Crippen molar-refractivity contribution in [3.8, 4) is 23.7 Å². The van der Waals surface area contributed by atoms with Crippen LogP contribution in [0.3, 0.4) is 0 Å². The Morgan fingerprint density at radius 2 is 1.81 bits per heavy atom. The van der Waals surface area contributed by atoms with E-state index in [1.807, 2.05) is 30.4 Å². The number of hydrogen-bond donors (Lipinski definition) is 4. The highest BCUT2D eigenvalue weighted by molar-refractivity contribution is 5.95. The number of allylic oxidation sites excluding steroid dienone is 2. The first-order valence-corrected chi connectivity index (χ1v) is 20.0. The van der Waals surface area contributed by atoms with E-state index in [-0.39, 0.29) is 60.1 Å². The number of fused-ring (bicyclic) bond motifs is 3. The zero-order valence-corrected chi connectivity index (χ0v) is 31.2. The van der Waals surface area contributed by atoms with Crippen LogP contribution in [0.5, 0.6) is 0 Å². The Balaban J connectivity index is 1.21. The van der Waals surface area contributed by atoms with E-state index in [9.17, 15) is 25.2 Å². The van der Waals surface area contributed by atoms with Crippen LogP contribution in [0.2, 0.25) is 0 Å². The molecule has 1 aromatic carbocycles. The zero-order chi connectivity index (χ0) is 37.0. The second-order valence-corrected chi connectivity index (χ2v) is 18.2. The van der Waals surface area contributed by atoms with Crippen LogP contribution in [-0.4, -0.2) is 87.2 Å². The van der Waals surface area contributed by atoms with Crippen molar-refractivity contribution in [3.63, 3.8) is 0 Å². The Hall–Kier alpha value is -2.79. The van der Waals surface area contributed by atoms with Crippen LogP contribution < -0.4 is 0 Å². The van der Waals surface area contributed by atoms with E-state index >= 15 is 0 Å². The summed E-state index contributed by atoms with van der Waals surface area (Å²) in [5.74, 6) is 12.0. The van der Waals surface area contributed by atoms with E-state index in [2.05, 4.69) is 49.7 Å². The summed E-state index contributed by atoms with van der Waals surface area (Å²) in [5.41, 5.74) is -3.22. The third-order valence-electron chi connectivity index (χ3n) is 16.0. The van der Waals surface area contributed by atoms with Gasteiger partial charge in [-0.2, -0.15) is 0 Å². The smallest absolute Gasteiger partial charge is 0.170 e. The first kappa shape index (κ1) is 35.9. The van der Waals surface area contributed by atoms with Gasteiger partial charge in [0, 0.05) is 36.2 Å². The molecule has 16 atom stereocenters. The number of hydrogen-bond acceptors (Lipinski definition) is 8. The minimum Gasteiger partial charge on any atom is -0.396 e. The molecule has 282 valence electrons. The molecule has 4 fully saturated rings. The topological polar surface area (TPSA) is 126 Å². The van der Waals surface area contributed by atoms with Crippen molar-refractivity contribution in [2.45, 2.75) is 119 Å². The summed E-state index contributed by atoms with van der Waals surface area (Å²) >= 11 is 0. The molecule has 5 aliphatic heterocycles. The van der Waals surface area contributed by atoms with Crippen molar-refractivity contribution in [3.05, 3.63) is 59.7 Å².